The fraction of sp³-hybridized carbons (Fsp3) is 0.538. The van der Waals surface area contributed by atoms with Crippen LogP contribution in [0.2, 0.25) is 0 Å². The molecule has 0 spiro atoms. The summed E-state index contributed by atoms with van der Waals surface area (Å²) in [6, 6.07) is 3.51. The largest absolute Gasteiger partial charge is 0.399 e. The summed E-state index contributed by atoms with van der Waals surface area (Å²) in [5.74, 6) is -0.0530. The van der Waals surface area contributed by atoms with Crippen LogP contribution in [0.25, 0.3) is 0 Å². The van der Waals surface area contributed by atoms with E-state index in [-0.39, 0.29) is 18.6 Å². The molecule has 1 aliphatic rings. The maximum Gasteiger partial charge on any atom is 0.272 e. The smallest absolute Gasteiger partial charge is 0.272 e. The van der Waals surface area contributed by atoms with Crippen molar-refractivity contribution in [1.29, 1.82) is 0 Å². The maximum absolute atomic E-state index is 12.3. The Kier molecular flexibility index (Phi) is 4.15. The number of nitrogens with zero attached hydrogens (tertiary/aromatic N) is 2. The lowest BCUT2D eigenvalue weighted by Crippen LogP contribution is -2.36. The van der Waals surface area contributed by atoms with Crippen LogP contribution in [0, 0.1) is 0 Å². The van der Waals surface area contributed by atoms with E-state index in [0.717, 1.165) is 32.2 Å². The van der Waals surface area contributed by atoms with Gasteiger partial charge in [0.05, 0.1) is 0 Å². The number of carbonyl (C=O) groups excluding carboxylic acids is 1. The average molecular weight is 249 g/mol. The zero-order valence-electron chi connectivity index (χ0n) is 10.4. The van der Waals surface area contributed by atoms with Gasteiger partial charge in [-0.3, -0.25) is 9.78 Å². The van der Waals surface area contributed by atoms with Crippen molar-refractivity contribution in [3.63, 3.8) is 0 Å². The Morgan fingerprint density at radius 1 is 1.61 bits per heavy atom. The first-order valence-corrected chi connectivity index (χ1v) is 6.35. The molecule has 5 nitrogen and oxygen atoms in total. The average Bonchev–Trinajstić information content (AvgIpc) is 2.83. The minimum absolute atomic E-state index is 0.0530. The third-order valence-corrected chi connectivity index (χ3v) is 3.34. The lowest BCUT2D eigenvalue weighted by Gasteiger charge is -2.24. The van der Waals surface area contributed by atoms with E-state index in [9.17, 15) is 4.79 Å². The van der Waals surface area contributed by atoms with Gasteiger partial charge in [0.2, 0.25) is 0 Å². The van der Waals surface area contributed by atoms with Gasteiger partial charge in [0, 0.05) is 31.1 Å². The summed E-state index contributed by atoms with van der Waals surface area (Å²) in [4.78, 5) is 18.3. The summed E-state index contributed by atoms with van der Waals surface area (Å²) in [6.07, 6.45) is 5.17. The third kappa shape index (κ3) is 2.79. The number of aliphatic hydroxyl groups is 1. The molecule has 3 N–H and O–H groups in total. The minimum atomic E-state index is -0.0530. The Bertz CT molecular complexity index is 422. The third-order valence-electron chi connectivity index (χ3n) is 3.34. The van der Waals surface area contributed by atoms with E-state index in [1.165, 1.54) is 0 Å². The number of pyridine rings is 1. The van der Waals surface area contributed by atoms with Gasteiger partial charge in [-0.25, -0.2) is 0 Å². The monoisotopic (exact) mass is 249 g/mol. The maximum atomic E-state index is 12.3. The van der Waals surface area contributed by atoms with Crippen molar-refractivity contribution in [2.24, 2.45) is 0 Å². The van der Waals surface area contributed by atoms with Crippen molar-refractivity contribution in [3.05, 3.63) is 24.0 Å². The SMILES string of the molecule is Nc1ccnc(C(=O)N2CCCC2CCCO)c1. The molecule has 18 heavy (non-hydrogen) atoms. The molecule has 2 rings (SSSR count). The molecule has 1 unspecified atom stereocenters. The van der Waals surface area contributed by atoms with Crippen LogP contribution in [-0.4, -0.2) is 40.1 Å². The number of hydrogen-bond acceptors (Lipinski definition) is 4. The Morgan fingerprint density at radius 3 is 3.17 bits per heavy atom. The molecule has 5 heteroatoms. The molecule has 1 saturated heterocycles. The predicted molar refractivity (Wildman–Crippen MR) is 69.0 cm³/mol. The van der Waals surface area contributed by atoms with Gasteiger partial charge >= 0.3 is 0 Å². The van der Waals surface area contributed by atoms with Gasteiger partial charge in [-0.15, -0.1) is 0 Å². The van der Waals surface area contributed by atoms with Crippen LogP contribution < -0.4 is 5.73 Å². The molecule has 0 bridgehead atoms. The quantitative estimate of drug-likeness (QED) is 0.835. The highest BCUT2D eigenvalue weighted by molar-refractivity contribution is 5.93. The van der Waals surface area contributed by atoms with Gasteiger partial charge in [-0.2, -0.15) is 0 Å². The van der Waals surface area contributed by atoms with E-state index < -0.39 is 0 Å². The predicted octanol–water partition coefficient (Wildman–Crippen LogP) is 1.04. The van der Waals surface area contributed by atoms with Gasteiger partial charge in [-0.05, 0) is 37.8 Å². The summed E-state index contributed by atoms with van der Waals surface area (Å²) in [6.45, 7) is 0.945. The number of carbonyl (C=O) groups is 1. The van der Waals surface area contributed by atoms with Crippen LogP contribution in [0.15, 0.2) is 18.3 Å². The fourth-order valence-electron chi connectivity index (χ4n) is 2.44. The number of nitrogens with two attached hydrogens (primary N) is 1. The van der Waals surface area contributed by atoms with E-state index in [0.29, 0.717) is 11.4 Å². The zero-order valence-corrected chi connectivity index (χ0v) is 10.4. The molecule has 0 saturated carbocycles. The number of rotatable bonds is 4. The molecule has 1 amide bonds. The highest BCUT2D eigenvalue weighted by Gasteiger charge is 2.29. The lowest BCUT2D eigenvalue weighted by molar-refractivity contribution is 0.0718. The van der Waals surface area contributed by atoms with E-state index >= 15 is 0 Å². The van der Waals surface area contributed by atoms with Crippen LogP contribution in [-0.2, 0) is 0 Å². The van der Waals surface area contributed by atoms with E-state index in [1.54, 1.807) is 18.3 Å². The molecular formula is C13H19N3O2. The summed E-state index contributed by atoms with van der Waals surface area (Å²) in [5.41, 5.74) is 6.63. The summed E-state index contributed by atoms with van der Waals surface area (Å²) in [5, 5.41) is 8.87. The highest BCUT2D eigenvalue weighted by Crippen LogP contribution is 2.23. The molecule has 98 valence electrons. The molecule has 0 aliphatic carbocycles. The standard InChI is InChI=1S/C13H19N3O2/c14-10-5-6-15-12(9-10)13(18)16-7-1-3-11(16)4-2-8-17/h5-6,9,11,17H,1-4,7-8H2,(H2,14,15). The number of nitrogen functional groups attached to an aromatic ring is 1. The Morgan fingerprint density at radius 2 is 2.44 bits per heavy atom. The summed E-state index contributed by atoms with van der Waals surface area (Å²) < 4.78 is 0. The van der Waals surface area contributed by atoms with Crippen LogP contribution in [0.5, 0.6) is 0 Å². The minimum Gasteiger partial charge on any atom is -0.399 e. The Balaban J connectivity index is 2.08. The van der Waals surface area contributed by atoms with Crippen molar-refractivity contribution in [3.8, 4) is 0 Å². The van der Waals surface area contributed by atoms with Crippen LogP contribution in [0.3, 0.4) is 0 Å². The van der Waals surface area contributed by atoms with Gasteiger partial charge < -0.3 is 15.7 Å². The van der Waals surface area contributed by atoms with Gasteiger partial charge in [0.25, 0.3) is 5.91 Å². The molecule has 1 aromatic rings. The number of likely N-dealkylation sites (tertiary alicyclic amines) is 1. The van der Waals surface area contributed by atoms with E-state index in [1.807, 2.05) is 4.90 Å². The number of hydrogen-bond donors (Lipinski definition) is 2. The summed E-state index contributed by atoms with van der Waals surface area (Å²) in [7, 11) is 0. The zero-order chi connectivity index (χ0) is 13.0. The van der Waals surface area contributed by atoms with Gasteiger partial charge in [0.1, 0.15) is 5.69 Å². The number of aromatic nitrogens is 1. The Hall–Kier alpha value is -1.62. The topological polar surface area (TPSA) is 79.5 Å². The fourth-order valence-corrected chi connectivity index (χ4v) is 2.44. The van der Waals surface area contributed by atoms with Crippen molar-refractivity contribution in [2.75, 3.05) is 18.9 Å². The second kappa shape index (κ2) is 5.82. The Labute approximate surface area is 107 Å². The van der Waals surface area contributed by atoms with Crippen molar-refractivity contribution >= 4 is 11.6 Å². The van der Waals surface area contributed by atoms with Gasteiger partial charge in [0.15, 0.2) is 0 Å². The number of aliphatic hydroxyl groups excluding tert-OH is 1. The van der Waals surface area contributed by atoms with Crippen LogP contribution in [0.1, 0.15) is 36.2 Å². The second-order valence-corrected chi connectivity index (χ2v) is 4.63. The van der Waals surface area contributed by atoms with E-state index in [2.05, 4.69) is 4.98 Å². The second-order valence-electron chi connectivity index (χ2n) is 4.63. The first-order valence-electron chi connectivity index (χ1n) is 6.35. The van der Waals surface area contributed by atoms with Gasteiger partial charge in [-0.1, -0.05) is 0 Å². The highest BCUT2D eigenvalue weighted by atomic mass is 16.3. The first kappa shape index (κ1) is 12.8. The van der Waals surface area contributed by atoms with Crippen molar-refractivity contribution in [1.82, 2.24) is 9.88 Å². The molecule has 2 heterocycles. The van der Waals surface area contributed by atoms with E-state index in [4.69, 9.17) is 10.8 Å². The molecule has 0 aromatic carbocycles. The molecule has 1 aromatic heterocycles. The number of amides is 1. The first-order chi connectivity index (χ1) is 8.72. The van der Waals surface area contributed by atoms with Crippen molar-refractivity contribution < 1.29 is 9.90 Å². The summed E-state index contributed by atoms with van der Waals surface area (Å²) >= 11 is 0. The molecule has 1 atom stereocenters. The van der Waals surface area contributed by atoms with Crippen LogP contribution >= 0.6 is 0 Å². The normalized spacial score (nSPS) is 19.2. The number of anilines is 1. The molecular weight excluding hydrogens is 230 g/mol. The van der Waals surface area contributed by atoms with Crippen molar-refractivity contribution in [2.45, 2.75) is 31.7 Å². The molecule has 1 fully saturated rings. The van der Waals surface area contributed by atoms with Crippen LogP contribution in [0.4, 0.5) is 5.69 Å². The molecule has 1 aliphatic heterocycles. The lowest BCUT2D eigenvalue weighted by atomic mass is 10.1. The molecule has 0 radical (unpaired) electrons.